The van der Waals surface area contributed by atoms with Crippen molar-refractivity contribution in [1.82, 2.24) is 5.32 Å². The molecule has 0 atom stereocenters. The maximum Gasteiger partial charge on any atom is 0.238 e. The van der Waals surface area contributed by atoms with Crippen molar-refractivity contribution in [2.45, 2.75) is 12.8 Å². The van der Waals surface area contributed by atoms with Crippen LogP contribution in [0.3, 0.4) is 0 Å². The van der Waals surface area contributed by atoms with Crippen LogP contribution in [-0.2, 0) is 9.59 Å². The second-order valence-corrected chi connectivity index (χ2v) is 4.42. The van der Waals surface area contributed by atoms with Gasteiger partial charge >= 0.3 is 0 Å². The van der Waals surface area contributed by atoms with Crippen LogP contribution in [0, 0.1) is 5.92 Å². The predicted octanol–water partition coefficient (Wildman–Crippen LogP) is 1.61. The molecule has 2 amide bonds. The Morgan fingerprint density at radius 3 is 2.11 bits per heavy atom. The van der Waals surface area contributed by atoms with Gasteiger partial charge in [0.25, 0.3) is 0 Å². The Balaban J connectivity index is 0.00000180. The van der Waals surface area contributed by atoms with E-state index in [4.69, 9.17) is 0 Å². The van der Waals surface area contributed by atoms with E-state index < -0.39 is 0 Å². The smallest absolute Gasteiger partial charge is 0.238 e. The molecule has 0 heterocycles. The van der Waals surface area contributed by atoms with Crippen LogP contribution < -0.4 is 16.0 Å². The molecule has 1 aliphatic carbocycles. The summed E-state index contributed by atoms with van der Waals surface area (Å²) in [5, 5.41) is 8.37. The van der Waals surface area contributed by atoms with Gasteiger partial charge in [0.05, 0.1) is 6.54 Å². The minimum absolute atomic E-state index is 0. The van der Waals surface area contributed by atoms with Gasteiger partial charge in [-0.25, -0.2) is 0 Å². The number of halogens is 1. The van der Waals surface area contributed by atoms with E-state index in [-0.39, 0.29) is 36.7 Å². The predicted molar refractivity (Wildman–Crippen MR) is 77.6 cm³/mol. The van der Waals surface area contributed by atoms with Gasteiger partial charge in [0.1, 0.15) is 0 Å². The lowest BCUT2D eigenvalue weighted by molar-refractivity contribution is -0.117. The van der Waals surface area contributed by atoms with Gasteiger partial charge in [-0.15, -0.1) is 12.4 Å². The largest absolute Gasteiger partial charge is 0.326 e. The van der Waals surface area contributed by atoms with Crippen LogP contribution in [0.25, 0.3) is 0 Å². The summed E-state index contributed by atoms with van der Waals surface area (Å²) in [5.74, 6) is 0.189. The van der Waals surface area contributed by atoms with Crippen molar-refractivity contribution in [1.29, 1.82) is 0 Å². The molecule has 0 spiro atoms. The molecular formula is C13H18ClN3O2. The zero-order valence-electron chi connectivity index (χ0n) is 10.7. The molecular weight excluding hydrogens is 266 g/mol. The number of anilines is 2. The molecule has 2 rings (SSSR count). The van der Waals surface area contributed by atoms with Gasteiger partial charge < -0.3 is 16.0 Å². The maximum absolute atomic E-state index is 11.5. The fourth-order valence-corrected chi connectivity index (χ4v) is 1.59. The summed E-state index contributed by atoms with van der Waals surface area (Å²) in [6, 6.07) is 7.12. The summed E-state index contributed by atoms with van der Waals surface area (Å²) in [5.41, 5.74) is 1.48. The zero-order valence-corrected chi connectivity index (χ0v) is 11.5. The fourth-order valence-electron chi connectivity index (χ4n) is 1.59. The van der Waals surface area contributed by atoms with Gasteiger partial charge in [-0.3, -0.25) is 9.59 Å². The molecule has 0 aromatic heterocycles. The number of likely N-dealkylation sites (N-methyl/N-ethyl adjacent to an activating group) is 1. The van der Waals surface area contributed by atoms with Gasteiger partial charge in [0.2, 0.25) is 11.8 Å². The Morgan fingerprint density at radius 1 is 1.11 bits per heavy atom. The minimum Gasteiger partial charge on any atom is -0.326 e. The van der Waals surface area contributed by atoms with Crippen LogP contribution in [-0.4, -0.2) is 25.4 Å². The van der Waals surface area contributed by atoms with Crippen molar-refractivity contribution in [3.05, 3.63) is 24.3 Å². The standard InChI is InChI=1S/C13H17N3O2.ClH/c1-14-8-12(17)15-10-4-6-11(7-5-10)16-13(18)9-2-3-9;/h4-7,9,14H,2-3,8H2,1H3,(H,15,17)(H,16,18);1H. The van der Waals surface area contributed by atoms with Crippen LogP contribution in [0.2, 0.25) is 0 Å². The van der Waals surface area contributed by atoms with Crippen molar-refractivity contribution in [2.75, 3.05) is 24.2 Å². The van der Waals surface area contributed by atoms with E-state index in [2.05, 4.69) is 16.0 Å². The summed E-state index contributed by atoms with van der Waals surface area (Å²) in [6.45, 7) is 0.278. The molecule has 0 saturated heterocycles. The Hall–Kier alpha value is -1.59. The summed E-state index contributed by atoms with van der Waals surface area (Å²) >= 11 is 0. The first-order chi connectivity index (χ1) is 8.69. The van der Waals surface area contributed by atoms with Crippen molar-refractivity contribution < 1.29 is 9.59 Å². The second kappa shape index (κ2) is 7.11. The highest BCUT2D eigenvalue weighted by atomic mass is 35.5. The van der Waals surface area contributed by atoms with Gasteiger partial charge in [0.15, 0.2) is 0 Å². The lowest BCUT2D eigenvalue weighted by Gasteiger charge is -2.07. The van der Waals surface area contributed by atoms with Crippen LogP contribution in [0.1, 0.15) is 12.8 Å². The molecule has 0 bridgehead atoms. The van der Waals surface area contributed by atoms with Crippen LogP contribution >= 0.6 is 12.4 Å². The Bertz CT molecular complexity index is 444. The van der Waals surface area contributed by atoms with E-state index in [0.29, 0.717) is 0 Å². The van der Waals surface area contributed by atoms with E-state index in [1.54, 1.807) is 31.3 Å². The first kappa shape index (κ1) is 15.5. The first-order valence-electron chi connectivity index (χ1n) is 6.04. The molecule has 1 saturated carbocycles. The van der Waals surface area contributed by atoms with E-state index in [9.17, 15) is 9.59 Å². The lowest BCUT2D eigenvalue weighted by Crippen LogP contribution is -2.25. The molecule has 104 valence electrons. The number of carbonyl (C=O) groups excluding carboxylic acids is 2. The molecule has 0 radical (unpaired) electrons. The van der Waals surface area contributed by atoms with Crippen molar-refractivity contribution in [3.8, 4) is 0 Å². The SMILES string of the molecule is CNCC(=O)Nc1ccc(NC(=O)C2CC2)cc1.Cl. The van der Waals surface area contributed by atoms with Gasteiger partial charge in [-0.05, 0) is 44.2 Å². The summed E-state index contributed by atoms with van der Waals surface area (Å²) in [7, 11) is 1.72. The number of hydrogen-bond donors (Lipinski definition) is 3. The summed E-state index contributed by atoms with van der Waals surface area (Å²) in [6.07, 6.45) is 1.98. The zero-order chi connectivity index (χ0) is 13.0. The van der Waals surface area contributed by atoms with Crippen LogP contribution in [0.5, 0.6) is 0 Å². The summed E-state index contributed by atoms with van der Waals surface area (Å²) in [4.78, 5) is 22.9. The molecule has 1 fully saturated rings. The highest BCUT2D eigenvalue weighted by molar-refractivity contribution is 5.95. The normalized spacial score (nSPS) is 13.3. The number of nitrogens with one attached hydrogen (secondary N) is 3. The van der Waals surface area contributed by atoms with Crippen LogP contribution in [0.4, 0.5) is 11.4 Å². The topological polar surface area (TPSA) is 70.2 Å². The lowest BCUT2D eigenvalue weighted by atomic mass is 10.2. The Morgan fingerprint density at radius 2 is 1.63 bits per heavy atom. The van der Waals surface area contributed by atoms with Crippen molar-refractivity contribution >= 4 is 35.6 Å². The van der Waals surface area contributed by atoms with Gasteiger partial charge in [0, 0.05) is 17.3 Å². The molecule has 6 heteroatoms. The third-order valence-corrected chi connectivity index (χ3v) is 2.72. The molecule has 0 aliphatic heterocycles. The van der Waals surface area contributed by atoms with Crippen molar-refractivity contribution in [2.24, 2.45) is 5.92 Å². The Kier molecular flexibility index (Phi) is 5.79. The third kappa shape index (κ3) is 4.89. The van der Waals surface area contributed by atoms with Gasteiger partial charge in [-0.2, -0.15) is 0 Å². The maximum atomic E-state index is 11.5. The monoisotopic (exact) mass is 283 g/mol. The van der Waals surface area contributed by atoms with Crippen molar-refractivity contribution in [3.63, 3.8) is 0 Å². The number of rotatable bonds is 5. The molecule has 1 aromatic carbocycles. The Labute approximate surface area is 118 Å². The molecule has 19 heavy (non-hydrogen) atoms. The minimum atomic E-state index is -0.0905. The van der Waals surface area contributed by atoms with E-state index in [1.165, 1.54) is 0 Å². The molecule has 5 nitrogen and oxygen atoms in total. The van der Waals surface area contributed by atoms with Crippen LogP contribution in [0.15, 0.2) is 24.3 Å². The van der Waals surface area contributed by atoms with Gasteiger partial charge in [-0.1, -0.05) is 0 Å². The third-order valence-electron chi connectivity index (χ3n) is 2.72. The molecule has 0 unspecified atom stereocenters. The molecule has 3 N–H and O–H groups in total. The van der Waals surface area contributed by atoms with E-state index in [0.717, 1.165) is 24.2 Å². The highest BCUT2D eigenvalue weighted by Crippen LogP contribution is 2.30. The first-order valence-corrected chi connectivity index (χ1v) is 6.04. The summed E-state index contributed by atoms with van der Waals surface area (Å²) < 4.78 is 0. The number of carbonyl (C=O) groups is 2. The fraction of sp³-hybridized carbons (Fsp3) is 0.385. The van der Waals surface area contributed by atoms with E-state index >= 15 is 0 Å². The number of amides is 2. The molecule has 1 aliphatic rings. The van der Waals surface area contributed by atoms with E-state index in [1.807, 2.05) is 0 Å². The number of hydrogen-bond acceptors (Lipinski definition) is 3. The average Bonchev–Trinajstić information content (AvgIpc) is 3.16. The second-order valence-electron chi connectivity index (χ2n) is 4.42. The molecule has 1 aromatic rings. The quantitative estimate of drug-likeness (QED) is 0.769. The number of benzene rings is 1. The average molecular weight is 284 g/mol. The highest BCUT2D eigenvalue weighted by Gasteiger charge is 2.29.